The fourth-order valence-electron chi connectivity index (χ4n) is 2.20. The minimum Gasteiger partial charge on any atom is -0.480 e. The van der Waals surface area contributed by atoms with Crippen LogP contribution < -0.4 is 10.6 Å². The van der Waals surface area contributed by atoms with E-state index in [0.717, 1.165) is 6.42 Å². The van der Waals surface area contributed by atoms with Crippen LogP contribution >= 0.6 is 0 Å². The van der Waals surface area contributed by atoms with Gasteiger partial charge in [0.25, 0.3) is 5.91 Å². The average molecular weight is 290 g/mol. The molecule has 1 aliphatic rings. The molecule has 1 aromatic carbocycles. The summed E-state index contributed by atoms with van der Waals surface area (Å²) in [5.74, 6) is -1.87. The molecule has 2 amide bonds. The number of benzene rings is 1. The molecule has 2 rings (SSSR count). The fraction of sp³-hybridized carbons (Fsp3) is 0.400. The summed E-state index contributed by atoms with van der Waals surface area (Å²) in [5, 5.41) is 14.3. The number of aliphatic carboxylic acids is 1. The summed E-state index contributed by atoms with van der Waals surface area (Å²) in [7, 11) is 0. The molecule has 1 unspecified atom stereocenters. The van der Waals surface area contributed by atoms with Gasteiger partial charge in [-0.3, -0.25) is 9.59 Å². The second kappa shape index (κ2) is 5.95. The van der Waals surface area contributed by atoms with Crippen molar-refractivity contribution in [1.82, 2.24) is 10.6 Å². The summed E-state index contributed by atoms with van der Waals surface area (Å²) in [5.41, 5.74) is -0.711. The zero-order valence-corrected chi connectivity index (χ0v) is 11.8. The number of nitrogens with one attached hydrogen (secondary N) is 2. The van der Waals surface area contributed by atoms with Gasteiger partial charge in [-0.25, -0.2) is 4.79 Å². The number of carboxylic acid groups (broad SMARTS) is 1. The first-order valence-corrected chi connectivity index (χ1v) is 6.86. The maximum atomic E-state index is 12.0. The standard InChI is InChI=1S/C15H18N2O4/c1-10(16-13(19)11-6-3-2-4-7-11)12(18)17-15(14(20)21)8-5-9-15/h2-4,6-7,10H,5,8-9H2,1H3,(H,16,19)(H,17,18)(H,20,21). The van der Waals surface area contributed by atoms with Crippen LogP contribution in [-0.2, 0) is 9.59 Å². The van der Waals surface area contributed by atoms with Crippen molar-refractivity contribution >= 4 is 17.8 Å². The highest BCUT2D eigenvalue weighted by atomic mass is 16.4. The third-order valence-electron chi connectivity index (χ3n) is 3.76. The van der Waals surface area contributed by atoms with Gasteiger partial charge in [-0.05, 0) is 38.3 Å². The predicted octanol–water partition coefficient (Wildman–Crippen LogP) is 0.928. The van der Waals surface area contributed by atoms with Crippen molar-refractivity contribution in [2.75, 3.05) is 0 Å². The van der Waals surface area contributed by atoms with Crippen LogP contribution in [0.1, 0.15) is 36.5 Å². The molecular formula is C15H18N2O4. The molecule has 1 fully saturated rings. The van der Waals surface area contributed by atoms with E-state index in [0.29, 0.717) is 18.4 Å². The summed E-state index contributed by atoms with van der Waals surface area (Å²) in [4.78, 5) is 35.2. The average Bonchev–Trinajstić information content (AvgIpc) is 2.42. The van der Waals surface area contributed by atoms with Crippen LogP contribution in [0.25, 0.3) is 0 Å². The first-order chi connectivity index (χ1) is 9.94. The van der Waals surface area contributed by atoms with E-state index in [2.05, 4.69) is 10.6 Å². The van der Waals surface area contributed by atoms with E-state index in [9.17, 15) is 19.5 Å². The Kier molecular flexibility index (Phi) is 4.26. The lowest BCUT2D eigenvalue weighted by Gasteiger charge is -2.38. The van der Waals surface area contributed by atoms with Crippen molar-refractivity contribution in [2.45, 2.75) is 37.8 Å². The second-order valence-electron chi connectivity index (χ2n) is 5.29. The van der Waals surface area contributed by atoms with E-state index in [1.54, 1.807) is 30.3 Å². The smallest absolute Gasteiger partial charge is 0.329 e. The number of amides is 2. The van der Waals surface area contributed by atoms with E-state index in [1.807, 2.05) is 0 Å². The van der Waals surface area contributed by atoms with E-state index in [1.165, 1.54) is 6.92 Å². The number of rotatable bonds is 5. The maximum Gasteiger partial charge on any atom is 0.329 e. The summed E-state index contributed by atoms with van der Waals surface area (Å²) in [6, 6.07) is 7.74. The van der Waals surface area contributed by atoms with Gasteiger partial charge in [0.05, 0.1) is 0 Å². The lowest BCUT2D eigenvalue weighted by molar-refractivity contribution is -0.152. The molecule has 21 heavy (non-hydrogen) atoms. The third kappa shape index (κ3) is 3.21. The highest BCUT2D eigenvalue weighted by molar-refractivity contribution is 5.98. The van der Waals surface area contributed by atoms with Crippen molar-refractivity contribution in [2.24, 2.45) is 0 Å². The summed E-state index contributed by atoms with van der Waals surface area (Å²) in [6.07, 6.45) is 1.62. The fourth-order valence-corrected chi connectivity index (χ4v) is 2.20. The van der Waals surface area contributed by atoms with Crippen molar-refractivity contribution < 1.29 is 19.5 Å². The van der Waals surface area contributed by atoms with Gasteiger partial charge in [-0.1, -0.05) is 18.2 Å². The van der Waals surface area contributed by atoms with Crippen LogP contribution in [0.15, 0.2) is 30.3 Å². The molecule has 0 radical (unpaired) electrons. The zero-order valence-electron chi connectivity index (χ0n) is 11.8. The van der Waals surface area contributed by atoms with Crippen LogP contribution in [0.5, 0.6) is 0 Å². The van der Waals surface area contributed by atoms with Gasteiger partial charge in [-0.2, -0.15) is 0 Å². The summed E-state index contributed by atoms with van der Waals surface area (Å²) < 4.78 is 0. The molecule has 112 valence electrons. The number of carbonyl (C=O) groups excluding carboxylic acids is 2. The van der Waals surface area contributed by atoms with Gasteiger partial charge in [0.15, 0.2) is 0 Å². The highest BCUT2D eigenvalue weighted by Gasteiger charge is 2.46. The largest absolute Gasteiger partial charge is 0.480 e. The van der Waals surface area contributed by atoms with E-state index < -0.39 is 23.5 Å². The lowest BCUT2D eigenvalue weighted by atomic mass is 9.76. The summed E-state index contributed by atoms with van der Waals surface area (Å²) in [6.45, 7) is 1.53. The SMILES string of the molecule is CC(NC(=O)c1ccccc1)C(=O)NC1(C(=O)O)CCC1. The van der Waals surface area contributed by atoms with E-state index in [4.69, 9.17) is 0 Å². The van der Waals surface area contributed by atoms with Crippen LogP contribution in [0, 0.1) is 0 Å². The van der Waals surface area contributed by atoms with Crippen LogP contribution in [0.3, 0.4) is 0 Å². The number of carboxylic acids is 1. The van der Waals surface area contributed by atoms with Gasteiger partial charge in [0.2, 0.25) is 5.91 Å². The molecule has 1 saturated carbocycles. The van der Waals surface area contributed by atoms with Crippen LogP contribution in [0.4, 0.5) is 0 Å². The van der Waals surface area contributed by atoms with Crippen LogP contribution in [-0.4, -0.2) is 34.5 Å². The van der Waals surface area contributed by atoms with Crippen molar-refractivity contribution in [3.63, 3.8) is 0 Å². The number of hydrogen-bond acceptors (Lipinski definition) is 3. The monoisotopic (exact) mass is 290 g/mol. The van der Waals surface area contributed by atoms with E-state index >= 15 is 0 Å². The third-order valence-corrected chi connectivity index (χ3v) is 3.76. The van der Waals surface area contributed by atoms with Gasteiger partial charge < -0.3 is 15.7 Å². The Morgan fingerprint density at radius 2 is 1.81 bits per heavy atom. The number of carbonyl (C=O) groups is 3. The minimum atomic E-state index is -1.16. The molecule has 6 heteroatoms. The summed E-state index contributed by atoms with van der Waals surface area (Å²) >= 11 is 0. The molecule has 0 aromatic heterocycles. The molecular weight excluding hydrogens is 272 g/mol. The Balaban J connectivity index is 1.94. The predicted molar refractivity (Wildman–Crippen MR) is 75.7 cm³/mol. The Hall–Kier alpha value is -2.37. The molecule has 0 heterocycles. The Morgan fingerprint density at radius 3 is 2.29 bits per heavy atom. The van der Waals surface area contributed by atoms with Gasteiger partial charge in [-0.15, -0.1) is 0 Å². The molecule has 0 bridgehead atoms. The maximum absolute atomic E-state index is 12.0. The molecule has 1 aromatic rings. The zero-order chi connectivity index (χ0) is 15.5. The molecule has 1 atom stereocenters. The minimum absolute atomic E-state index is 0.365. The first kappa shape index (κ1) is 15.0. The highest BCUT2D eigenvalue weighted by Crippen LogP contribution is 2.32. The lowest BCUT2D eigenvalue weighted by Crippen LogP contribution is -2.62. The molecule has 3 N–H and O–H groups in total. The van der Waals surface area contributed by atoms with Crippen molar-refractivity contribution in [3.8, 4) is 0 Å². The van der Waals surface area contributed by atoms with Crippen LogP contribution in [0.2, 0.25) is 0 Å². The topological polar surface area (TPSA) is 95.5 Å². The first-order valence-electron chi connectivity index (χ1n) is 6.86. The Morgan fingerprint density at radius 1 is 1.19 bits per heavy atom. The van der Waals surface area contributed by atoms with Gasteiger partial charge >= 0.3 is 5.97 Å². The molecule has 0 aliphatic heterocycles. The normalized spacial score (nSPS) is 17.2. The van der Waals surface area contributed by atoms with E-state index in [-0.39, 0.29) is 5.91 Å². The Bertz CT molecular complexity index is 552. The molecule has 0 saturated heterocycles. The number of hydrogen-bond donors (Lipinski definition) is 3. The second-order valence-corrected chi connectivity index (χ2v) is 5.29. The van der Waals surface area contributed by atoms with Crippen molar-refractivity contribution in [1.29, 1.82) is 0 Å². The molecule has 0 spiro atoms. The van der Waals surface area contributed by atoms with Gasteiger partial charge in [0, 0.05) is 5.56 Å². The molecule has 6 nitrogen and oxygen atoms in total. The quantitative estimate of drug-likeness (QED) is 0.751. The van der Waals surface area contributed by atoms with Gasteiger partial charge in [0.1, 0.15) is 11.6 Å². The Labute approximate surface area is 122 Å². The van der Waals surface area contributed by atoms with Crippen molar-refractivity contribution in [3.05, 3.63) is 35.9 Å². The molecule has 1 aliphatic carbocycles.